The summed E-state index contributed by atoms with van der Waals surface area (Å²) >= 11 is 0. The Labute approximate surface area is 100 Å². The second-order valence-corrected chi connectivity index (χ2v) is 4.42. The molecule has 0 fully saturated rings. The Kier molecular flexibility index (Phi) is 5.92. The van der Waals surface area contributed by atoms with Crippen molar-refractivity contribution in [3.8, 4) is 0 Å². The van der Waals surface area contributed by atoms with Crippen molar-refractivity contribution in [2.75, 3.05) is 0 Å². The molecule has 0 aliphatic rings. The van der Waals surface area contributed by atoms with E-state index in [-0.39, 0.29) is 0 Å². The topological polar surface area (TPSA) is 179 Å². The maximum atomic E-state index is 10.8. The van der Waals surface area contributed by atoms with Crippen LogP contribution in [0.1, 0.15) is 12.8 Å². The Morgan fingerprint density at radius 2 is 1.56 bits per heavy atom. The van der Waals surface area contributed by atoms with Crippen molar-refractivity contribution in [1.29, 1.82) is 0 Å². The van der Waals surface area contributed by atoms with Crippen LogP contribution in [0, 0.1) is 5.92 Å². The molecule has 0 heterocycles. The predicted molar refractivity (Wildman–Crippen MR) is 52.5 cm³/mol. The number of carbonyl (C=O) groups is 3. The first-order chi connectivity index (χ1) is 8.04. The summed E-state index contributed by atoms with van der Waals surface area (Å²) in [7, 11) is -5.21. The van der Waals surface area contributed by atoms with Gasteiger partial charge in [-0.15, -0.1) is 0 Å². The average molecular weight is 286 g/mol. The second-order valence-electron chi connectivity index (χ2n) is 3.23. The number of aliphatic carboxylic acids is 3. The summed E-state index contributed by atoms with van der Waals surface area (Å²) in [6.07, 6.45) is -3.64. The van der Waals surface area contributed by atoms with E-state index in [1.807, 2.05) is 0 Å². The second kappa shape index (κ2) is 6.45. The van der Waals surface area contributed by atoms with E-state index < -0.39 is 50.6 Å². The number of hydrogen-bond acceptors (Lipinski definition) is 5. The lowest BCUT2D eigenvalue weighted by Gasteiger charge is -2.20. The molecule has 0 radical (unpaired) electrons. The third-order valence-corrected chi connectivity index (χ3v) is 2.35. The van der Waals surface area contributed by atoms with Gasteiger partial charge in [-0.3, -0.25) is 14.1 Å². The van der Waals surface area contributed by atoms with Crippen LogP contribution >= 0.6 is 7.82 Å². The molecule has 5 N–H and O–H groups in total. The van der Waals surface area contributed by atoms with Crippen LogP contribution in [0.3, 0.4) is 0 Å². The molecule has 0 aromatic rings. The van der Waals surface area contributed by atoms with Gasteiger partial charge in [-0.25, -0.2) is 9.36 Å². The van der Waals surface area contributed by atoms with Crippen LogP contribution in [0.25, 0.3) is 0 Å². The van der Waals surface area contributed by atoms with E-state index in [1.165, 1.54) is 0 Å². The number of carboxylic acid groups (broad SMARTS) is 3. The fraction of sp³-hybridized carbons (Fsp3) is 0.571. The highest BCUT2D eigenvalue weighted by Gasteiger charge is 2.39. The van der Waals surface area contributed by atoms with Gasteiger partial charge in [0.25, 0.3) is 0 Å². The highest BCUT2D eigenvalue weighted by atomic mass is 31.2. The standard InChI is InChI=1S/C7H11O10P/c8-4(9)2-1-3(6(10)11)5(7(12)13)17-18(14,15)16/h3,5H,1-2H2,(H,8,9)(H,10,11)(H,12,13)(H2,14,15,16). The van der Waals surface area contributed by atoms with Gasteiger partial charge >= 0.3 is 25.7 Å². The fourth-order valence-corrected chi connectivity index (χ4v) is 1.65. The molecule has 0 rings (SSSR count). The first-order valence-electron chi connectivity index (χ1n) is 4.46. The summed E-state index contributed by atoms with van der Waals surface area (Å²) in [5.41, 5.74) is 0. The van der Waals surface area contributed by atoms with Gasteiger partial charge in [0.2, 0.25) is 0 Å². The van der Waals surface area contributed by atoms with Gasteiger partial charge in [0.1, 0.15) is 0 Å². The summed E-state index contributed by atoms with van der Waals surface area (Å²) in [6, 6.07) is 0. The average Bonchev–Trinajstić information content (AvgIpc) is 2.13. The van der Waals surface area contributed by atoms with E-state index in [4.69, 9.17) is 25.1 Å². The highest BCUT2D eigenvalue weighted by Crippen LogP contribution is 2.39. The first kappa shape index (κ1) is 16.5. The van der Waals surface area contributed by atoms with Crippen molar-refractivity contribution in [2.24, 2.45) is 5.92 Å². The van der Waals surface area contributed by atoms with Crippen LogP contribution in [-0.2, 0) is 23.5 Å². The van der Waals surface area contributed by atoms with Crippen molar-refractivity contribution >= 4 is 25.7 Å². The van der Waals surface area contributed by atoms with E-state index >= 15 is 0 Å². The van der Waals surface area contributed by atoms with Gasteiger partial charge in [0, 0.05) is 6.42 Å². The van der Waals surface area contributed by atoms with Gasteiger partial charge in [0.05, 0.1) is 5.92 Å². The molecule has 0 saturated carbocycles. The molecule has 18 heavy (non-hydrogen) atoms. The van der Waals surface area contributed by atoms with Gasteiger partial charge in [-0.2, -0.15) is 0 Å². The zero-order valence-electron chi connectivity index (χ0n) is 8.79. The van der Waals surface area contributed by atoms with Crippen molar-refractivity contribution in [1.82, 2.24) is 0 Å². The lowest BCUT2D eigenvalue weighted by molar-refractivity contribution is -0.159. The van der Waals surface area contributed by atoms with Crippen molar-refractivity contribution in [3.05, 3.63) is 0 Å². The Hall–Kier alpha value is -1.48. The number of phosphoric acid groups is 1. The van der Waals surface area contributed by atoms with Gasteiger partial charge in [0.15, 0.2) is 6.10 Å². The smallest absolute Gasteiger partial charge is 0.470 e. The minimum absolute atomic E-state index is 0.637. The lowest BCUT2D eigenvalue weighted by Crippen LogP contribution is -2.37. The maximum absolute atomic E-state index is 10.8. The molecular formula is C7H11O10P. The molecule has 0 aromatic carbocycles. The van der Waals surface area contributed by atoms with Gasteiger partial charge in [-0.05, 0) is 6.42 Å². The quantitative estimate of drug-likeness (QED) is 0.351. The summed E-state index contributed by atoms with van der Waals surface area (Å²) in [5.74, 6) is -6.89. The summed E-state index contributed by atoms with van der Waals surface area (Å²) in [5, 5.41) is 25.7. The Morgan fingerprint density at radius 3 is 1.83 bits per heavy atom. The summed E-state index contributed by atoms with van der Waals surface area (Å²) in [4.78, 5) is 48.6. The molecule has 2 atom stereocenters. The number of phosphoric ester groups is 1. The van der Waals surface area contributed by atoms with Crippen molar-refractivity contribution in [2.45, 2.75) is 18.9 Å². The molecule has 2 unspecified atom stereocenters. The normalized spacial score (nSPS) is 14.8. The molecule has 0 aliphatic heterocycles. The minimum atomic E-state index is -5.21. The zero-order valence-corrected chi connectivity index (χ0v) is 9.69. The van der Waals surface area contributed by atoms with Crippen LogP contribution in [0.5, 0.6) is 0 Å². The monoisotopic (exact) mass is 286 g/mol. The third kappa shape index (κ3) is 6.30. The van der Waals surface area contributed by atoms with E-state index in [0.29, 0.717) is 0 Å². The molecule has 0 saturated heterocycles. The van der Waals surface area contributed by atoms with Crippen LogP contribution in [-0.4, -0.2) is 49.1 Å². The van der Waals surface area contributed by atoms with Gasteiger partial charge < -0.3 is 25.1 Å². The Bertz CT molecular complexity index is 384. The van der Waals surface area contributed by atoms with Crippen LogP contribution in [0.2, 0.25) is 0 Å². The minimum Gasteiger partial charge on any atom is -0.481 e. The maximum Gasteiger partial charge on any atom is 0.470 e. The molecule has 0 aromatic heterocycles. The molecule has 0 aliphatic carbocycles. The molecule has 11 heteroatoms. The van der Waals surface area contributed by atoms with E-state index in [0.717, 1.165) is 0 Å². The highest BCUT2D eigenvalue weighted by molar-refractivity contribution is 7.46. The molecule has 0 amide bonds. The Balaban J connectivity index is 5.00. The van der Waals surface area contributed by atoms with E-state index in [2.05, 4.69) is 4.52 Å². The largest absolute Gasteiger partial charge is 0.481 e. The zero-order chi connectivity index (χ0) is 14.5. The number of hydrogen-bond donors (Lipinski definition) is 5. The van der Waals surface area contributed by atoms with Gasteiger partial charge in [-0.1, -0.05) is 0 Å². The van der Waals surface area contributed by atoms with E-state index in [1.54, 1.807) is 0 Å². The summed E-state index contributed by atoms with van der Waals surface area (Å²) < 4.78 is 14.4. The molecule has 0 spiro atoms. The molecule has 104 valence electrons. The molecular weight excluding hydrogens is 275 g/mol. The predicted octanol–water partition coefficient (Wildman–Crippen LogP) is -0.886. The van der Waals surface area contributed by atoms with Crippen molar-refractivity contribution < 1.29 is 48.6 Å². The molecule has 10 nitrogen and oxygen atoms in total. The number of carboxylic acids is 3. The van der Waals surface area contributed by atoms with E-state index in [9.17, 15) is 18.9 Å². The van der Waals surface area contributed by atoms with Crippen LogP contribution < -0.4 is 0 Å². The molecule has 0 bridgehead atoms. The first-order valence-corrected chi connectivity index (χ1v) is 5.99. The lowest BCUT2D eigenvalue weighted by atomic mass is 9.97. The van der Waals surface area contributed by atoms with Crippen LogP contribution in [0.15, 0.2) is 0 Å². The van der Waals surface area contributed by atoms with Crippen LogP contribution in [0.4, 0.5) is 0 Å². The fourth-order valence-electron chi connectivity index (χ4n) is 1.12. The summed E-state index contributed by atoms with van der Waals surface area (Å²) in [6.45, 7) is 0. The number of rotatable bonds is 8. The SMILES string of the molecule is O=C(O)CCC(C(=O)O)C(OP(=O)(O)O)C(=O)O. The Morgan fingerprint density at radius 1 is 1.06 bits per heavy atom. The van der Waals surface area contributed by atoms with Crippen molar-refractivity contribution in [3.63, 3.8) is 0 Å². The third-order valence-electron chi connectivity index (χ3n) is 1.85.